The van der Waals surface area contributed by atoms with Crippen LogP contribution in [0, 0.1) is 5.92 Å². The summed E-state index contributed by atoms with van der Waals surface area (Å²) >= 11 is 6.02. The molecule has 1 atom stereocenters. The molecule has 0 saturated heterocycles. The number of halogens is 1. The molecule has 0 bridgehead atoms. The van der Waals surface area contributed by atoms with Crippen LogP contribution in [0.2, 0.25) is 5.02 Å². The van der Waals surface area contributed by atoms with E-state index in [1.807, 2.05) is 24.3 Å². The third-order valence-electron chi connectivity index (χ3n) is 5.07. The van der Waals surface area contributed by atoms with Crippen LogP contribution in [0.1, 0.15) is 15.9 Å². The summed E-state index contributed by atoms with van der Waals surface area (Å²) < 4.78 is 33.4. The fraction of sp³-hybridized carbons (Fsp3) is 0.130. The van der Waals surface area contributed by atoms with Crippen molar-refractivity contribution in [3.05, 3.63) is 88.9 Å². The Morgan fingerprint density at radius 2 is 1.70 bits per heavy atom. The Hall–Kier alpha value is -3.56. The second-order valence-electron chi connectivity index (χ2n) is 7.38. The van der Waals surface area contributed by atoms with Gasteiger partial charge in [-0.25, -0.2) is 8.42 Å². The quantitative estimate of drug-likeness (QED) is 0.480. The van der Waals surface area contributed by atoms with Crippen molar-refractivity contribution in [2.24, 2.45) is 5.92 Å². The molecule has 0 aliphatic carbocycles. The molecule has 0 fully saturated rings. The van der Waals surface area contributed by atoms with Crippen molar-refractivity contribution >= 4 is 39.1 Å². The summed E-state index contributed by atoms with van der Waals surface area (Å²) in [5.41, 5.74) is 5.91. The Kier molecular flexibility index (Phi) is 6.52. The van der Waals surface area contributed by atoms with E-state index < -0.39 is 27.8 Å². The van der Waals surface area contributed by atoms with E-state index in [2.05, 4.69) is 15.6 Å². The van der Waals surface area contributed by atoms with Crippen LogP contribution in [0.4, 0.5) is 5.69 Å². The number of ether oxygens (including phenoxy) is 1. The summed E-state index contributed by atoms with van der Waals surface area (Å²) in [5, 5.41) is 0.243. The van der Waals surface area contributed by atoms with Crippen molar-refractivity contribution < 1.29 is 22.7 Å². The Labute approximate surface area is 195 Å². The first-order chi connectivity index (χ1) is 15.8. The number of anilines is 1. The summed E-state index contributed by atoms with van der Waals surface area (Å²) in [6, 6.07) is 19.3. The van der Waals surface area contributed by atoms with Crippen LogP contribution in [0.25, 0.3) is 0 Å². The van der Waals surface area contributed by atoms with E-state index >= 15 is 0 Å². The number of amides is 2. The van der Waals surface area contributed by atoms with Gasteiger partial charge in [-0.05, 0) is 48.4 Å². The molecule has 2 amide bonds. The molecule has 0 radical (unpaired) electrons. The third kappa shape index (κ3) is 5.27. The van der Waals surface area contributed by atoms with Gasteiger partial charge < -0.3 is 4.74 Å². The first-order valence-electron chi connectivity index (χ1n) is 10.0. The molecule has 8 nitrogen and oxygen atoms in total. The molecule has 0 aromatic heterocycles. The number of sulfonamides is 1. The van der Waals surface area contributed by atoms with Crippen LogP contribution in [0.5, 0.6) is 5.75 Å². The van der Waals surface area contributed by atoms with Gasteiger partial charge in [-0.2, -0.15) is 0 Å². The van der Waals surface area contributed by atoms with Gasteiger partial charge in [-0.3, -0.25) is 25.2 Å². The van der Waals surface area contributed by atoms with E-state index in [0.717, 1.165) is 11.3 Å². The normalized spacial score (nSPS) is 15.0. The van der Waals surface area contributed by atoms with Crippen molar-refractivity contribution in [1.82, 2.24) is 10.9 Å². The van der Waals surface area contributed by atoms with Gasteiger partial charge >= 0.3 is 0 Å². The highest BCUT2D eigenvalue weighted by molar-refractivity contribution is 7.92. The second kappa shape index (κ2) is 9.51. The molecule has 1 aliphatic rings. The summed E-state index contributed by atoms with van der Waals surface area (Å²) in [7, 11) is -3.99. The van der Waals surface area contributed by atoms with Crippen LogP contribution >= 0.6 is 11.6 Å². The zero-order valence-electron chi connectivity index (χ0n) is 17.2. The minimum atomic E-state index is -3.99. The van der Waals surface area contributed by atoms with Crippen LogP contribution in [-0.4, -0.2) is 26.8 Å². The molecular weight excluding hydrogens is 466 g/mol. The topological polar surface area (TPSA) is 114 Å². The number of rotatable bonds is 5. The van der Waals surface area contributed by atoms with E-state index in [-0.39, 0.29) is 27.8 Å². The first kappa shape index (κ1) is 22.6. The van der Waals surface area contributed by atoms with Crippen LogP contribution in [0.3, 0.4) is 0 Å². The molecule has 3 N–H and O–H groups in total. The van der Waals surface area contributed by atoms with Crippen LogP contribution < -0.4 is 20.3 Å². The number of fused-ring (bicyclic) bond motifs is 1. The maximum atomic E-state index is 12.7. The number of para-hydroxylation sites is 2. The number of hydrazine groups is 1. The molecule has 4 rings (SSSR count). The Bertz CT molecular complexity index is 1310. The Balaban J connectivity index is 1.40. The number of hydrogen-bond donors (Lipinski definition) is 3. The predicted octanol–water partition coefficient (Wildman–Crippen LogP) is 3.15. The number of carbonyl (C=O) groups excluding carboxylic acids is 2. The van der Waals surface area contributed by atoms with Crippen molar-refractivity contribution in [2.45, 2.75) is 11.3 Å². The van der Waals surface area contributed by atoms with Gasteiger partial charge in [0.1, 0.15) is 12.4 Å². The molecule has 1 heterocycles. The largest absolute Gasteiger partial charge is 0.492 e. The highest BCUT2D eigenvalue weighted by Gasteiger charge is 2.26. The summed E-state index contributed by atoms with van der Waals surface area (Å²) in [5.74, 6) is -0.780. The molecule has 0 spiro atoms. The summed E-state index contributed by atoms with van der Waals surface area (Å²) in [6.45, 7) is 0.195. The Morgan fingerprint density at radius 1 is 0.939 bits per heavy atom. The molecule has 3 aromatic rings. The first-order valence-corrected chi connectivity index (χ1v) is 11.9. The number of nitrogens with one attached hydrogen (secondary N) is 3. The lowest BCUT2D eigenvalue weighted by molar-refractivity contribution is -0.127. The predicted molar refractivity (Wildman–Crippen MR) is 123 cm³/mol. The minimum Gasteiger partial charge on any atom is -0.492 e. The van der Waals surface area contributed by atoms with Gasteiger partial charge in [-0.15, -0.1) is 0 Å². The van der Waals surface area contributed by atoms with E-state index in [0.29, 0.717) is 6.42 Å². The average Bonchev–Trinajstić information content (AvgIpc) is 2.83. The molecular formula is C23H20ClN3O5S. The van der Waals surface area contributed by atoms with Gasteiger partial charge in [0.25, 0.3) is 15.9 Å². The number of benzene rings is 3. The van der Waals surface area contributed by atoms with E-state index in [1.165, 1.54) is 30.3 Å². The van der Waals surface area contributed by atoms with Gasteiger partial charge in [0.2, 0.25) is 5.91 Å². The van der Waals surface area contributed by atoms with Crippen molar-refractivity contribution in [1.29, 1.82) is 0 Å². The van der Waals surface area contributed by atoms with E-state index in [9.17, 15) is 18.0 Å². The molecule has 3 aromatic carbocycles. The molecule has 0 saturated carbocycles. The van der Waals surface area contributed by atoms with Crippen LogP contribution in [0.15, 0.2) is 77.7 Å². The SMILES string of the molecule is O=C(NNC(=O)[C@H]1COc2ccccc2C1)c1cccc(S(=O)(=O)Nc2ccccc2Cl)c1. The lowest BCUT2D eigenvalue weighted by Gasteiger charge is -2.24. The fourth-order valence-corrected chi connectivity index (χ4v) is 4.71. The molecule has 170 valence electrons. The van der Waals surface area contributed by atoms with Crippen molar-refractivity contribution in [3.63, 3.8) is 0 Å². The van der Waals surface area contributed by atoms with Gasteiger partial charge in [0, 0.05) is 5.56 Å². The molecule has 10 heteroatoms. The van der Waals surface area contributed by atoms with E-state index in [4.69, 9.17) is 16.3 Å². The van der Waals surface area contributed by atoms with Gasteiger partial charge in [0.05, 0.1) is 21.5 Å². The minimum absolute atomic E-state index is 0.0579. The second-order valence-corrected chi connectivity index (χ2v) is 9.47. The lowest BCUT2D eigenvalue weighted by atomic mass is 9.96. The Morgan fingerprint density at radius 3 is 2.52 bits per heavy atom. The van der Waals surface area contributed by atoms with Gasteiger partial charge in [-0.1, -0.05) is 48.0 Å². The zero-order valence-corrected chi connectivity index (χ0v) is 18.8. The average molecular weight is 486 g/mol. The maximum absolute atomic E-state index is 12.7. The highest BCUT2D eigenvalue weighted by atomic mass is 35.5. The highest BCUT2D eigenvalue weighted by Crippen LogP contribution is 2.27. The number of hydrogen-bond acceptors (Lipinski definition) is 5. The molecule has 33 heavy (non-hydrogen) atoms. The van der Waals surface area contributed by atoms with Gasteiger partial charge in [0.15, 0.2) is 0 Å². The molecule has 1 aliphatic heterocycles. The maximum Gasteiger partial charge on any atom is 0.269 e. The zero-order chi connectivity index (χ0) is 23.4. The van der Waals surface area contributed by atoms with E-state index in [1.54, 1.807) is 18.2 Å². The van der Waals surface area contributed by atoms with Crippen LogP contribution in [-0.2, 0) is 21.2 Å². The molecule has 0 unspecified atom stereocenters. The summed E-state index contributed by atoms with van der Waals surface area (Å²) in [4.78, 5) is 24.9. The smallest absolute Gasteiger partial charge is 0.269 e. The van der Waals surface area contributed by atoms with Crippen molar-refractivity contribution in [3.8, 4) is 5.75 Å². The lowest BCUT2D eigenvalue weighted by Crippen LogP contribution is -2.47. The number of carbonyl (C=O) groups is 2. The van der Waals surface area contributed by atoms with Crippen molar-refractivity contribution in [2.75, 3.05) is 11.3 Å². The fourth-order valence-electron chi connectivity index (χ4n) is 3.34. The standard InChI is InChI=1S/C23H20ClN3O5S/c24-19-9-2-3-10-20(19)27-33(30,31)18-8-5-7-16(13-18)22(28)25-26-23(29)17-12-15-6-1-4-11-21(15)32-14-17/h1-11,13,17,27H,12,14H2,(H,25,28)(H,26,29)/t17-/m1/s1. The summed E-state index contributed by atoms with van der Waals surface area (Å²) in [6.07, 6.45) is 0.485. The third-order valence-corrected chi connectivity index (χ3v) is 6.77. The monoisotopic (exact) mass is 485 g/mol.